The average molecular weight is 205 g/mol. The molecule has 1 rings (SSSR count). The van der Waals surface area contributed by atoms with Crippen LogP contribution in [0.3, 0.4) is 0 Å². The Hall–Kier alpha value is -0.840. The maximum atomic E-state index is 10.2. The first-order valence-electron chi connectivity index (χ1n) is 2.61. The SMILES string of the molecule is Cc1c(Br)c[nH]c1[N+](=O)[O-]. The smallest absolute Gasteiger partial charge is 0.324 e. The van der Waals surface area contributed by atoms with Crippen molar-refractivity contribution in [3.05, 3.63) is 26.3 Å². The van der Waals surface area contributed by atoms with Crippen LogP contribution in [0.15, 0.2) is 10.7 Å². The molecule has 0 aliphatic rings. The summed E-state index contributed by atoms with van der Waals surface area (Å²) in [6, 6.07) is 0. The van der Waals surface area contributed by atoms with Crippen LogP contribution in [0.25, 0.3) is 0 Å². The van der Waals surface area contributed by atoms with Crippen molar-refractivity contribution in [2.24, 2.45) is 0 Å². The molecule has 0 aliphatic heterocycles. The molecular formula is C5H5BrN2O2. The van der Waals surface area contributed by atoms with Crippen LogP contribution in [-0.2, 0) is 0 Å². The lowest BCUT2D eigenvalue weighted by atomic mass is 10.4. The normalized spacial score (nSPS) is 9.80. The third-order valence-corrected chi connectivity index (χ3v) is 2.06. The second-order valence-corrected chi connectivity index (χ2v) is 2.72. The van der Waals surface area contributed by atoms with Gasteiger partial charge in [0.2, 0.25) is 0 Å². The van der Waals surface area contributed by atoms with E-state index in [1.165, 1.54) is 0 Å². The number of rotatable bonds is 1. The van der Waals surface area contributed by atoms with E-state index in [1.54, 1.807) is 13.1 Å². The summed E-state index contributed by atoms with van der Waals surface area (Å²) in [5.74, 6) is 0.0480. The molecule has 0 amide bonds. The highest BCUT2D eigenvalue weighted by Crippen LogP contribution is 2.23. The quantitative estimate of drug-likeness (QED) is 0.562. The van der Waals surface area contributed by atoms with Gasteiger partial charge in [-0.15, -0.1) is 0 Å². The molecule has 0 aliphatic carbocycles. The van der Waals surface area contributed by atoms with E-state index in [2.05, 4.69) is 20.9 Å². The number of nitrogens with zero attached hydrogens (tertiary/aromatic N) is 1. The van der Waals surface area contributed by atoms with Crippen molar-refractivity contribution >= 4 is 21.7 Å². The van der Waals surface area contributed by atoms with Crippen molar-refractivity contribution in [3.8, 4) is 0 Å². The van der Waals surface area contributed by atoms with Gasteiger partial charge in [-0.3, -0.25) is 0 Å². The number of hydrogen-bond acceptors (Lipinski definition) is 2. The largest absolute Gasteiger partial charge is 0.358 e. The van der Waals surface area contributed by atoms with Gasteiger partial charge >= 0.3 is 5.82 Å². The zero-order valence-electron chi connectivity index (χ0n) is 5.22. The number of hydrogen-bond donors (Lipinski definition) is 1. The molecule has 4 nitrogen and oxygen atoms in total. The van der Waals surface area contributed by atoms with Gasteiger partial charge < -0.3 is 10.1 Å². The van der Waals surface area contributed by atoms with Crippen molar-refractivity contribution in [1.82, 2.24) is 4.98 Å². The van der Waals surface area contributed by atoms with Crippen molar-refractivity contribution in [2.75, 3.05) is 0 Å². The number of H-pyrrole nitrogens is 1. The fraction of sp³-hybridized carbons (Fsp3) is 0.200. The predicted molar refractivity (Wildman–Crippen MR) is 39.9 cm³/mol. The lowest BCUT2D eigenvalue weighted by Gasteiger charge is -1.90. The Morgan fingerprint density at radius 3 is 2.60 bits per heavy atom. The molecule has 5 heteroatoms. The number of nitro groups is 1. The Morgan fingerprint density at radius 1 is 1.80 bits per heavy atom. The molecule has 10 heavy (non-hydrogen) atoms. The van der Waals surface area contributed by atoms with Gasteiger partial charge in [-0.1, -0.05) is 0 Å². The number of aromatic nitrogens is 1. The highest BCUT2D eigenvalue weighted by Gasteiger charge is 2.12. The summed E-state index contributed by atoms with van der Waals surface area (Å²) < 4.78 is 0.735. The minimum Gasteiger partial charge on any atom is -0.358 e. The molecule has 0 saturated carbocycles. The Balaban J connectivity index is 3.17. The molecule has 0 fully saturated rings. The monoisotopic (exact) mass is 204 g/mol. The Morgan fingerprint density at radius 2 is 2.40 bits per heavy atom. The third kappa shape index (κ3) is 1.04. The second kappa shape index (κ2) is 2.42. The van der Waals surface area contributed by atoms with Gasteiger partial charge in [0.05, 0.1) is 10.0 Å². The summed E-state index contributed by atoms with van der Waals surface area (Å²) in [6.45, 7) is 1.68. The zero-order chi connectivity index (χ0) is 7.72. The first kappa shape index (κ1) is 7.27. The maximum Gasteiger partial charge on any atom is 0.324 e. The molecule has 0 unspecified atom stereocenters. The van der Waals surface area contributed by atoms with Crippen molar-refractivity contribution in [3.63, 3.8) is 0 Å². The summed E-state index contributed by atoms with van der Waals surface area (Å²) in [5.41, 5.74) is 0.630. The molecule has 0 bridgehead atoms. The van der Waals surface area contributed by atoms with Crippen LogP contribution in [0.2, 0.25) is 0 Å². The number of halogens is 1. The summed E-state index contributed by atoms with van der Waals surface area (Å²) >= 11 is 3.15. The van der Waals surface area contributed by atoms with Gasteiger partial charge in [-0.25, -0.2) is 4.98 Å². The summed E-state index contributed by atoms with van der Waals surface area (Å²) in [5, 5.41) is 10.2. The summed E-state index contributed by atoms with van der Waals surface area (Å²) in [6.07, 6.45) is 1.55. The molecule has 0 aromatic carbocycles. The summed E-state index contributed by atoms with van der Waals surface area (Å²) in [7, 11) is 0. The van der Waals surface area contributed by atoms with Crippen molar-refractivity contribution in [1.29, 1.82) is 0 Å². The van der Waals surface area contributed by atoms with Gasteiger partial charge in [0.15, 0.2) is 0 Å². The van der Waals surface area contributed by atoms with Gasteiger partial charge in [0.25, 0.3) is 0 Å². The molecule has 0 radical (unpaired) electrons. The first-order chi connectivity index (χ1) is 4.63. The molecule has 54 valence electrons. The van der Waals surface area contributed by atoms with Gasteiger partial charge in [-0.05, 0) is 27.8 Å². The van der Waals surface area contributed by atoms with Crippen LogP contribution in [0.4, 0.5) is 5.82 Å². The van der Waals surface area contributed by atoms with Crippen LogP contribution < -0.4 is 0 Å². The molecule has 1 aromatic rings. The second-order valence-electron chi connectivity index (χ2n) is 1.87. The van der Waals surface area contributed by atoms with Crippen LogP contribution in [-0.4, -0.2) is 9.91 Å². The topological polar surface area (TPSA) is 58.9 Å². The minimum absolute atomic E-state index is 0.0480. The van der Waals surface area contributed by atoms with E-state index in [4.69, 9.17) is 0 Å². The minimum atomic E-state index is -0.444. The zero-order valence-corrected chi connectivity index (χ0v) is 6.81. The van der Waals surface area contributed by atoms with E-state index < -0.39 is 4.92 Å². The van der Waals surface area contributed by atoms with Crippen molar-refractivity contribution < 1.29 is 4.92 Å². The lowest BCUT2D eigenvalue weighted by Crippen LogP contribution is -1.88. The molecule has 0 spiro atoms. The Bertz CT molecular complexity index is 269. The van der Waals surface area contributed by atoms with Gasteiger partial charge in [0.1, 0.15) is 6.20 Å². The van der Waals surface area contributed by atoms with E-state index in [-0.39, 0.29) is 5.82 Å². The van der Waals surface area contributed by atoms with Gasteiger partial charge in [0, 0.05) is 0 Å². The first-order valence-corrected chi connectivity index (χ1v) is 3.40. The molecule has 0 atom stereocenters. The summed E-state index contributed by atoms with van der Waals surface area (Å²) in [4.78, 5) is 12.3. The van der Waals surface area contributed by atoms with E-state index in [1.807, 2.05) is 0 Å². The lowest BCUT2D eigenvalue weighted by molar-refractivity contribution is -0.389. The van der Waals surface area contributed by atoms with Crippen LogP contribution in [0, 0.1) is 17.0 Å². The number of aromatic amines is 1. The molecule has 0 saturated heterocycles. The highest BCUT2D eigenvalue weighted by atomic mass is 79.9. The van der Waals surface area contributed by atoms with E-state index >= 15 is 0 Å². The van der Waals surface area contributed by atoms with E-state index in [0.717, 1.165) is 4.47 Å². The molecule has 1 heterocycles. The third-order valence-electron chi connectivity index (χ3n) is 1.23. The van der Waals surface area contributed by atoms with Crippen LogP contribution >= 0.6 is 15.9 Å². The number of nitrogens with one attached hydrogen (secondary N) is 1. The standard InChI is InChI=1S/C5H5BrN2O2/c1-3-4(6)2-7-5(3)8(9)10/h2,7H,1H3. The fourth-order valence-electron chi connectivity index (χ4n) is 0.651. The molecule has 1 aromatic heterocycles. The van der Waals surface area contributed by atoms with Crippen LogP contribution in [0.5, 0.6) is 0 Å². The van der Waals surface area contributed by atoms with E-state index in [0.29, 0.717) is 5.56 Å². The Labute approximate surface area is 65.5 Å². The van der Waals surface area contributed by atoms with Crippen LogP contribution in [0.1, 0.15) is 5.56 Å². The van der Waals surface area contributed by atoms with Crippen molar-refractivity contribution in [2.45, 2.75) is 6.92 Å². The average Bonchev–Trinajstić information content (AvgIpc) is 2.14. The predicted octanol–water partition coefficient (Wildman–Crippen LogP) is 1.99. The maximum absolute atomic E-state index is 10.2. The van der Waals surface area contributed by atoms with Gasteiger partial charge in [-0.2, -0.15) is 0 Å². The molecule has 1 N–H and O–H groups in total. The fourth-order valence-corrected chi connectivity index (χ4v) is 0.953. The molecular weight excluding hydrogens is 200 g/mol. The van der Waals surface area contributed by atoms with E-state index in [9.17, 15) is 10.1 Å². The highest BCUT2D eigenvalue weighted by molar-refractivity contribution is 9.10. The Kier molecular flexibility index (Phi) is 1.76.